The molecule has 2 heterocycles. The Hall–Kier alpha value is -1.01. The van der Waals surface area contributed by atoms with Gasteiger partial charge < -0.3 is 5.32 Å². The second-order valence-corrected chi connectivity index (χ2v) is 8.21. The molecule has 2 aromatic rings. The Bertz CT molecular complexity index is 701. The van der Waals surface area contributed by atoms with Crippen molar-refractivity contribution in [2.45, 2.75) is 45.3 Å². The Morgan fingerprint density at radius 3 is 2.84 bits per heavy atom. The zero-order chi connectivity index (χ0) is 16.6. The van der Waals surface area contributed by atoms with Crippen LogP contribution in [0.3, 0.4) is 0 Å². The SMILES string of the molecule is Cc1ccc(F)cc1CN(Cc1nccs1)C1CC12CCNCC2.Cl. The van der Waals surface area contributed by atoms with Crippen molar-refractivity contribution in [1.29, 1.82) is 0 Å². The third-order valence-electron chi connectivity index (χ3n) is 5.69. The van der Waals surface area contributed by atoms with Crippen LogP contribution in [-0.4, -0.2) is 29.0 Å². The number of aryl methyl sites for hydroxylation is 1. The van der Waals surface area contributed by atoms with Crippen molar-refractivity contribution in [3.8, 4) is 0 Å². The molecule has 1 unspecified atom stereocenters. The molecule has 0 amide bonds. The molecule has 2 fully saturated rings. The van der Waals surface area contributed by atoms with Crippen LogP contribution in [0, 0.1) is 18.2 Å². The van der Waals surface area contributed by atoms with E-state index in [-0.39, 0.29) is 18.2 Å². The van der Waals surface area contributed by atoms with Gasteiger partial charge >= 0.3 is 0 Å². The van der Waals surface area contributed by atoms with Crippen molar-refractivity contribution >= 4 is 23.7 Å². The number of thiazole rings is 1. The van der Waals surface area contributed by atoms with Gasteiger partial charge in [0.2, 0.25) is 0 Å². The highest BCUT2D eigenvalue weighted by atomic mass is 35.5. The number of piperidine rings is 1. The van der Waals surface area contributed by atoms with Gasteiger partial charge in [0.15, 0.2) is 0 Å². The topological polar surface area (TPSA) is 28.2 Å². The Labute approximate surface area is 159 Å². The predicted molar refractivity (Wildman–Crippen MR) is 103 cm³/mol. The van der Waals surface area contributed by atoms with Gasteiger partial charge in [-0.25, -0.2) is 9.37 Å². The van der Waals surface area contributed by atoms with E-state index in [2.05, 4.69) is 22.1 Å². The van der Waals surface area contributed by atoms with Crippen LogP contribution in [0.25, 0.3) is 0 Å². The van der Waals surface area contributed by atoms with Gasteiger partial charge in [0.05, 0.1) is 6.54 Å². The largest absolute Gasteiger partial charge is 0.317 e. The van der Waals surface area contributed by atoms with E-state index in [1.165, 1.54) is 24.8 Å². The molecule has 1 spiro atoms. The molecule has 6 heteroatoms. The van der Waals surface area contributed by atoms with Crippen LogP contribution in [-0.2, 0) is 13.1 Å². The number of hydrogen-bond acceptors (Lipinski definition) is 4. The van der Waals surface area contributed by atoms with E-state index in [1.807, 2.05) is 17.6 Å². The second-order valence-electron chi connectivity index (χ2n) is 7.23. The molecule has 1 saturated heterocycles. The monoisotopic (exact) mass is 381 g/mol. The van der Waals surface area contributed by atoms with Crippen molar-refractivity contribution in [2.24, 2.45) is 5.41 Å². The number of rotatable bonds is 5. The standard InChI is InChI=1S/C19H24FN3S.ClH/c1-14-2-3-16(20)10-15(14)12-23(13-18-22-8-9-24-18)17-11-19(17)4-6-21-7-5-19;/h2-3,8-10,17,21H,4-7,11-13H2,1H3;1H. The highest BCUT2D eigenvalue weighted by molar-refractivity contribution is 7.09. The minimum atomic E-state index is -0.142. The normalized spacial score (nSPS) is 21.3. The van der Waals surface area contributed by atoms with Gasteiger partial charge in [-0.3, -0.25) is 4.90 Å². The molecular formula is C19H25ClFN3S. The third kappa shape index (κ3) is 4.05. The maximum atomic E-state index is 13.7. The minimum absolute atomic E-state index is 0. The maximum absolute atomic E-state index is 13.7. The van der Waals surface area contributed by atoms with E-state index >= 15 is 0 Å². The third-order valence-corrected chi connectivity index (χ3v) is 6.46. The summed E-state index contributed by atoms with van der Waals surface area (Å²) in [5, 5.41) is 6.66. The van der Waals surface area contributed by atoms with E-state index in [4.69, 9.17) is 0 Å². The minimum Gasteiger partial charge on any atom is -0.317 e. The van der Waals surface area contributed by atoms with Gasteiger partial charge in [0.1, 0.15) is 10.8 Å². The fraction of sp³-hybridized carbons (Fsp3) is 0.526. The summed E-state index contributed by atoms with van der Waals surface area (Å²) in [6, 6.07) is 5.74. The van der Waals surface area contributed by atoms with E-state index < -0.39 is 0 Å². The molecule has 0 radical (unpaired) electrons. The number of nitrogens with one attached hydrogen (secondary N) is 1. The molecule has 0 bridgehead atoms. The summed E-state index contributed by atoms with van der Waals surface area (Å²) in [6.45, 7) is 6.00. The predicted octanol–water partition coefficient (Wildman–Crippen LogP) is 4.16. The van der Waals surface area contributed by atoms with Crippen LogP contribution in [0.5, 0.6) is 0 Å². The summed E-state index contributed by atoms with van der Waals surface area (Å²) in [7, 11) is 0. The molecular weight excluding hydrogens is 357 g/mol. The fourth-order valence-electron chi connectivity index (χ4n) is 4.11. The lowest BCUT2D eigenvalue weighted by atomic mass is 9.93. The summed E-state index contributed by atoms with van der Waals surface area (Å²) in [6.07, 6.45) is 5.66. The molecule has 1 atom stereocenters. The first-order valence-electron chi connectivity index (χ1n) is 8.74. The van der Waals surface area contributed by atoms with E-state index in [9.17, 15) is 4.39 Å². The van der Waals surface area contributed by atoms with E-state index in [0.717, 1.165) is 36.8 Å². The first-order valence-corrected chi connectivity index (χ1v) is 9.62. The number of halogens is 2. The molecule has 1 aromatic heterocycles. The van der Waals surface area contributed by atoms with Gasteiger partial charge in [-0.2, -0.15) is 0 Å². The average molecular weight is 382 g/mol. The van der Waals surface area contributed by atoms with Crippen LogP contribution in [0.4, 0.5) is 4.39 Å². The van der Waals surface area contributed by atoms with Gasteiger partial charge in [0, 0.05) is 24.2 Å². The smallest absolute Gasteiger partial charge is 0.123 e. The Balaban J connectivity index is 0.00000182. The second kappa shape index (κ2) is 7.70. The molecule has 1 aliphatic carbocycles. The molecule has 4 rings (SSSR count). The van der Waals surface area contributed by atoms with Crippen LogP contribution in [0.2, 0.25) is 0 Å². The summed E-state index contributed by atoms with van der Waals surface area (Å²) in [5.74, 6) is -0.142. The van der Waals surface area contributed by atoms with Crippen molar-refractivity contribution in [1.82, 2.24) is 15.2 Å². The number of benzene rings is 1. The molecule has 25 heavy (non-hydrogen) atoms. The zero-order valence-electron chi connectivity index (χ0n) is 14.5. The molecule has 1 aromatic carbocycles. The van der Waals surface area contributed by atoms with Crippen molar-refractivity contribution in [3.05, 3.63) is 51.7 Å². The lowest BCUT2D eigenvalue weighted by molar-refractivity contribution is 0.187. The molecule has 3 nitrogen and oxygen atoms in total. The first-order chi connectivity index (χ1) is 11.7. The number of nitrogens with zero attached hydrogens (tertiary/aromatic N) is 2. The first kappa shape index (κ1) is 18.8. The summed E-state index contributed by atoms with van der Waals surface area (Å²) in [5.41, 5.74) is 2.74. The quantitative estimate of drug-likeness (QED) is 0.843. The number of aromatic nitrogens is 1. The van der Waals surface area contributed by atoms with Crippen LogP contribution >= 0.6 is 23.7 Å². The Morgan fingerprint density at radius 1 is 1.32 bits per heavy atom. The highest BCUT2D eigenvalue weighted by Gasteiger charge is 2.56. The lowest BCUT2D eigenvalue weighted by Gasteiger charge is -2.29. The lowest BCUT2D eigenvalue weighted by Crippen LogP contribution is -2.35. The van der Waals surface area contributed by atoms with Crippen LogP contribution in [0.15, 0.2) is 29.8 Å². The molecule has 136 valence electrons. The fourth-order valence-corrected chi connectivity index (χ4v) is 4.76. The summed E-state index contributed by atoms with van der Waals surface area (Å²) in [4.78, 5) is 7.01. The highest BCUT2D eigenvalue weighted by Crippen LogP contribution is 2.56. The maximum Gasteiger partial charge on any atom is 0.123 e. The van der Waals surface area contributed by atoms with Crippen molar-refractivity contribution < 1.29 is 4.39 Å². The zero-order valence-corrected chi connectivity index (χ0v) is 16.1. The Morgan fingerprint density at radius 2 is 2.12 bits per heavy atom. The van der Waals surface area contributed by atoms with Gasteiger partial charge in [-0.05, 0) is 68.0 Å². The van der Waals surface area contributed by atoms with Crippen molar-refractivity contribution in [2.75, 3.05) is 13.1 Å². The summed E-state index contributed by atoms with van der Waals surface area (Å²) < 4.78 is 13.7. The molecule has 2 aliphatic rings. The van der Waals surface area contributed by atoms with Gasteiger partial charge in [0.25, 0.3) is 0 Å². The van der Waals surface area contributed by atoms with Gasteiger partial charge in [-0.1, -0.05) is 6.07 Å². The average Bonchev–Trinajstić information content (AvgIpc) is 3.02. The van der Waals surface area contributed by atoms with E-state index in [0.29, 0.717) is 11.5 Å². The van der Waals surface area contributed by atoms with Crippen molar-refractivity contribution in [3.63, 3.8) is 0 Å². The molecule has 1 aliphatic heterocycles. The van der Waals surface area contributed by atoms with Crippen LogP contribution < -0.4 is 5.32 Å². The molecule has 1 N–H and O–H groups in total. The van der Waals surface area contributed by atoms with Crippen LogP contribution in [0.1, 0.15) is 35.4 Å². The van der Waals surface area contributed by atoms with Gasteiger partial charge in [-0.15, -0.1) is 23.7 Å². The van der Waals surface area contributed by atoms with E-state index in [1.54, 1.807) is 23.5 Å². The molecule has 1 saturated carbocycles. The summed E-state index contributed by atoms with van der Waals surface area (Å²) >= 11 is 1.71. The number of hydrogen-bond donors (Lipinski definition) is 1. The Kier molecular flexibility index (Phi) is 5.78.